The summed E-state index contributed by atoms with van der Waals surface area (Å²) in [6.45, 7) is 2.11. The van der Waals surface area contributed by atoms with Crippen LogP contribution in [0.15, 0.2) is 42.5 Å². The van der Waals surface area contributed by atoms with Crippen LogP contribution >= 0.6 is 35.4 Å². The van der Waals surface area contributed by atoms with Crippen molar-refractivity contribution >= 4 is 57.9 Å². The van der Waals surface area contributed by atoms with Crippen LogP contribution in [0.5, 0.6) is 0 Å². The number of rotatable bonds is 4. The third kappa shape index (κ3) is 5.39. The van der Waals surface area contributed by atoms with E-state index in [1.54, 1.807) is 49.4 Å². The van der Waals surface area contributed by atoms with Crippen molar-refractivity contribution in [3.63, 3.8) is 0 Å². The monoisotopic (exact) mass is 368 g/mol. The maximum Gasteiger partial charge on any atom is 0.338 e. The molecule has 2 rings (SSSR count). The first-order valence-electron chi connectivity index (χ1n) is 6.79. The van der Waals surface area contributed by atoms with Crippen LogP contribution in [0.2, 0.25) is 10.0 Å². The number of anilines is 2. The Hall–Kier alpha value is -1.82. The maximum absolute atomic E-state index is 11.6. The molecule has 0 heterocycles. The molecule has 0 saturated heterocycles. The van der Waals surface area contributed by atoms with Gasteiger partial charge in [0, 0.05) is 21.4 Å². The van der Waals surface area contributed by atoms with E-state index in [1.807, 2.05) is 0 Å². The minimum Gasteiger partial charge on any atom is -0.462 e. The number of carbonyl (C=O) groups excluding carboxylic acids is 1. The Bertz CT molecular complexity index is 700. The highest BCUT2D eigenvalue weighted by Crippen LogP contribution is 2.22. The topological polar surface area (TPSA) is 50.4 Å². The second kappa shape index (κ2) is 8.15. The van der Waals surface area contributed by atoms with Gasteiger partial charge in [-0.15, -0.1) is 0 Å². The van der Waals surface area contributed by atoms with Crippen molar-refractivity contribution < 1.29 is 9.53 Å². The Morgan fingerprint density at radius 3 is 2.17 bits per heavy atom. The predicted octanol–water partition coefficient (Wildman–Crippen LogP) is 4.98. The van der Waals surface area contributed by atoms with Crippen LogP contribution in [0.4, 0.5) is 11.4 Å². The Kier molecular flexibility index (Phi) is 6.21. The Morgan fingerprint density at radius 2 is 1.61 bits per heavy atom. The molecule has 7 heteroatoms. The molecule has 4 nitrogen and oxygen atoms in total. The molecule has 0 amide bonds. The van der Waals surface area contributed by atoms with E-state index in [0.29, 0.717) is 33.0 Å². The van der Waals surface area contributed by atoms with Gasteiger partial charge in [0.2, 0.25) is 0 Å². The molecule has 2 aromatic carbocycles. The van der Waals surface area contributed by atoms with Crippen molar-refractivity contribution in [2.24, 2.45) is 0 Å². The Balaban J connectivity index is 1.98. The molecule has 0 spiro atoms. The third-order valence-corrected chi connectivity index (χ3v) is 3.41. The summed E-state index contributed by atoms with van der Waals surface area (Å²) in [5.74, 6) is -0.353. The van der Waals surface area contributed by atoms with Gasteiger partial charge in [0.25, 0.3) is 0 Å². The van der Waals surface area contributed by atoms with Gasteiger partial charge in [0.15, 0.2) is 5.11 Å². The molecular weight excluding hydrogens is 355 g/mol. The fraction of sp³-hybridized carbons (Fsp3) is 0.125. The molecule has 23 heavy (non-hydrogen) atoms. The summed E-state index contributed by atoms with van der Waals surface area (Å²) in [6.07, 6.45) is 0. The van der Waals surface area contributed by atoms with Crippen LogP contribution in [0.3, 0.4) is 0 Å². The van der Waals surface area contributed by atoms with E-state index in [2.05, 4.69) is 10.6 Å². The maximum atomic E-state index is 11.6. The van der Waals surface area contributed by atoms with Crippen molar-refractivity contribution in [2.75, 3.05) is 17.2 Å². The number of carbonyl (C=O) groups is 1. The van der Waals surface area contributed by atoms with E-state index in [9.17, 15) is 4.79 Å². The van der Waals surface area contributed by atoms with Crippen LogP contribution in [0.25, 0.3) is 0 Å². The average Bonchev–Trinajstić information content (AvgIpc) is 2.47. The van der Waals surface area contributed by atoms with E-state index in [0.717, 1.165) is 5.69 Å². The van der Waals surface area contributed by atoms with Crippen molar-refractivity contribution in [2.45, 2.75) is 6.92 Å². The number of esters is 1. The SMILES string of the molecule is CCOC(=O)c1ccc(NC(=S)Nc2cc(Cl)cc(Cl)c2)cc1. The van der Waals surface area contributed by atoms with Crippen molar-refractivity contribution in [3.05, 3.63) is 58.1 Å². The molecule has 0 unspecified atom stereocenters. The van der Waals surface area contributed by atoms with E-state index in [1.165, 1.54) is 0 Å². The quantitative estimate of drug-likeness (QED) is 0.588. The van der Waals surface area contributed by atoms with Gasteiger partial charge in [-0.3, -0.25) is 0 Å². The molecule has 0 aliphatic heterocycles. The first-order valence-corrected chi connectivity index (χ1v) is 7.95. The normalized spacial score (nSPS) is 10.0. The first-order chi connectivity index (χ1) is 11.0. The minimum absolute atomic E-state index is 0.342. The first kappa shape index (κ1) is 17.5. The van der Waals surface area contributed by atoms with Gasteiger partial charge in [-0.2, -0.15) is 0 Å². The Labute approximate surface area is 149 Å². The molecule has 120 valence electrons. The van der Waals surface area contributed by atoms with Crippen LogP contribution in [0.1, 0.15) is 17.3 Å². The second-order valence-corrected chi connectivity index (χ2v) is 5.82. The smallest absolute Gasteiger partial charge is 0.338 e. The molecule has 0 bridgehead atoms. The summed E-state index contributed by atoms with van der Waals surface area (Å²) < 4.78 is 4.93. The summed E-state index contributed by atoms with van der Waals surface area (Å²) in [7, 11) is 0. The highest BCUT2D eigenvalue weighted by atomic mass is 35.5. The summed E-state index contributed by atoms with van der Waals surface area (Å²) in [6, 6.07) is 11.9. The van der Waals surface area contributed by atoms with Crippen molar-refractivity contribution in [1.82, 2.24) is 0 Å². The van der Waals surface area contributed by atoms with Crippen LogP contribution < -0.4 is 10.6 Å². The number of nitrogens with one attached hydrogen (secondary N) is 2. The van der Waals surface area contributed by atoms with Gasteiger partial charge >= 0.3 is 5.97 Å². The number of hydrogen-bond donors (Lipinski definition) is 2. The number of ether oxygens (including phenoxy) is 1. The lowest BCUT2D eigenvalue weighted by Crippen LogP contribution is -2.19. The molecule has 0 fully saturated rings. The molecule has 0 aromatic heterocycles. The summed E-state index contributed by atoms with van der Waals surface area (Å²) in [5, 5.41) is 7.41. The van der Waals surface area contributed by atoms with Gasteiger partial charge in [0.05, 0.1) is 12.2 Å². The largest absolute Gasteiger partial charge is 0.462 e. The lowest BCUT2D eigenvalue weighted by atomic mass is 10.2. The third-order valence-electron chi connectivity index (χ3n) is 2.77. The zero-order valence-electron chi connectivity index (χ0n) is 12.2. The zero-order valence-corrected chi connectivity index (χ0v) is 14.6. The predicted molar refractivity (Wildman–Crippen MR) is 98.7 cm³/mol. The van der Waals surface area contributed by atoms with E-state index < -0.39 is 0 Å². The van der Waals surface area contributed by atoms with Crippen LogP contribution in [-0.4, -0.2) is 17.7 Å². The van der Waals surface area contributed by atoms with Crippen molar-refractivity contribution in [3.8, 4) is 0 Å². The fourth-order valence-corrected chi connectivity index (χ4v) is 2.59. The lowest BCUT2D eigenvalue weighted by Gasteiger charge is -2.11. The molecular formula is C16H14Cl2N2O2S. The highest BCUT2D eigenvalue weighted by Gasteiger charge is 2.06. The molecule has 0 aliphatic carbocycles. The van der Waals surface area contributed by atoms with Gasteiger partial charge < -0.3 is 15.4 Å². The van der Waals surface area contributed by atoms with E-state index in [-0.39, 0.29) is 5.97 Å². The Morgan fingerprint density at radius 1 is 1.04 bits per heavy atom. The second-order valence-electron chi connectivity index (χ2n) is 4.54. The van der Waals surface area contributed by atoms with Crippen molar-refractivity contribution in [1.29, 1.82) is 0 Å². The van der Waals surface area contributed by atoms with Crippen LogP contribution in [0, 0.1) is 0 Å². The van der Waals surface area contributed by atoms with Gasteiger partial charge in [-0.25, -0.2) is 4.79 Å². The number of thiocarbonyl (C=S) groups is 1. The molecule has 2 N–H and O–H groups in total. The number of hydrogen-bond acceptors (Lipinski definition) is 3. The average molecular weight is 369 g/mol. The molecule has 0 aliphatic rings. The number of halogens is 2. The fourth-order valence-electron chi connectivity index (χ4n) is 1.82. The lowest BCUT2D eigenvalue weighted by molar-refractivity contribution is 0.0526. The van der Waals surface area contributed by atoms with Crippen LogP contribution in [-0.2, 0) is 4.74 Å². The van der Waals surface area contributed by atoms with E-state index in [4.69, 9.17) is 40.2 Å². The molecule has 2 aromatic rings. The summed E-state index contributed by atoms with van der Waals surface area (Å²) >= 11 is 17.1. The summed E-state index contributed by atoms with van der Waals surface area (Å²) in [5.41, 5.74) is 1.91. The van der Waals surface area contributed by atoms with Gasteiger partial charge in [0.1, 0.15) is 0 Å². The van der Waals surface area contributed by atoms with E-state index >= 15 is 0 Å². The minimum atomic E-state index is -0.353. The summed E-state index contributed by atoms with van der Waals surface area (Å²) in [4.78, 5) is 11.6. The van der Waals surface area contributed by atoms with Gasteiger partial charge in [-0.05, 0) is 61.6 Å². The number of benzene rings is 2. The highest BCUT2D eigenvalue weighted by molar-refractivity contribution is 7.80. The standard InChI is InChI=1S/C16H14Cl2N2O2S/c1-2-22-15(21)10-3-5-13(6-4-10)19-16(23)20-14-8-11(17)7-12(18)9-14/h3-9H,2H2,1H3,(H2,19,20,23). The zero-order chi connectivity index (χ0) is 16.8. The van der Waals surface area contributed by atoms with Gasteiger partial charge in [-0.1, -0.05) is 23.2 Å². The molecule has 0 saturated carbocycles. The molecule has 0 atom stereocenters. The molecule has 0 radical (unpaired) electrons.